The zero-order valence-electron chi connectivity index (χ0n) is 15.3. The van der Waals surface area contributed by atoms with Gasteiger partial charge < -0.3 is 15.0 Å². The predicted octanol–water partition coefficient (Wildman–Crippen LogP) is 3.68. The van der Waals surface area contributed by atoms with E-state index < -0.39 is 0 Å². The van der Waals surface area contributed by atoms with E-state index in [2.05, 4.69) is 51.9 Å². The summed E-state index contributed by atoms with van der Waals surface area (Å²) in [4.78, 5) is 2.47. The zero-order chi connectivity index (χ0) is 15.9. The highest BCUT2D eigenvalue weighted by Gasteiger charge is 2.33. The average molecular weight is 299 g/mol. The molecule has 1 rings (SSSR count). The van der Waals surface area contributed by atoms with Crippen LogP contribution in [0.5, 0.6) is 0 Å². The Bertz CT molecular complexity index is 277. The Kier molecular flexibility index (Phi) is 7.66. The third-order valence-electron chi connectivity index (χ3n) is 4.44. The van der Waals surface area contributed by atoms with Crippen LogP contribution in [0, 0.1) is 5.41 Å². The van der Waals surface area contributed by atoms with E-state index in [0.717, 1.165) is 19.7 Å². The molecule has 126 valence electrons. The SMILES string of the molecule is CC(C)OCCN(C)CC1(CNC(C)(C)C)CCCCC1. The maximum atomic E-state index is 5.69. The van der Waals surface area contributed by atoms with Gasteiger partial charge in [-0.1, -0.05) is 19.3 Å². The first-order chi connectivity index (χ1) is 9.72. The molecule has 0 amide bonds. The van der Waals surface area contributed by atoms with Gasteiger partial charge in [0.15, 0.2) is 0 Å². The average Bonchev–Trinajstić information content (AvgIpc) is 2.36. The first-order valence-corrected chi connectivity index (χ1v) is 8.78. The molecule has 3 heteroatoms. The van der Waals surface area contributed by atoms with E-state index in [1.54, 1.807) is 0 Å². The molecule has 1 saturated carbocycles. The lowest BCUT2D eigenvalue weighted by Crippen LogP contribution is -2.49. The van der Waals surface area contributed by atoms with E-state index in [9.17, 15) is 0 Å². The van der Waals surface area contributed by atoms with Crippen molar-refractivity contribution in [3.8, 4) is 0 Å². The van der Waals surface area contributed by atoms with Crippen molar-refractivity contribution >= 4 is 0 Å². The number of ether oxygens (including phenoxy) is 1. The highest BCUT2D eigenvalue weighted by molar-refractivity contribution is 4.89. The smallest absolute Gasteiger partial charge is 0.0596 e. The molecule has 1 aliphatic rings. The van der Waals surface area contributed by atoms with Gasteiger partial charge in [0.2, 0.25) is 0 Å². The molecule has 0 atom stereocenters. The third kappa shape index (κ3) is 8.18. The van der Waals surface area contributed by atoms with E-state index in [1.807, 2.05) is 0 Å². The van der Waals surface area contributed by atoms with E-state index in [0.29, 0.717) is 11.5 Å². The van der Waals surface area contributed by atoms with Gasteiger partial charge in [0.25, 0.3) is 0 Å². The minimum Gasteiger partial charge on any atom is -0.377 e. The Balaban J connectivity index is 2.48. The highest BCUT2D eigenvalue weighted by atomic mass is 16.5. The number of likely N-dealkylation sites (N-methyl/N-ethyl adjacent to an activating group) is 1. The van der Waals surface area contributed by atoms with Crippen LogP contribution < -0.4 is 5.32 Å². The minimum absolute atomic E-state index is 0.212. The molecule has 0 saturated heterocycles. The summed E-state index contributed by atoms with van der Waals surface area (Å²) in [5, 5.41) is 3.75. The van der Waals surface area contributed by atoms with Gasteiger partial charge in [0.1, 0.15) is 0 Å². The van der Waals surface area contributed by atoms with Gasteiger partial charge in [0, 0.05) is 25.2 Å². The number of hydrogen-bond acceptors (Lipinski definition) is 3. The van der Waals surface area contributed by atoms with Gasteiger partial charge >= 0.3 is 0 Å². The van der Waals surface area contributed by atoms with E-state index in [4.69, 9.17) is 4.74 Å². The first kappa shape index (κ1) is 18.9. The van der Waals surface area contributed by atoms with Gasteiger partial charge in [-0.15, -0.1) is 0 Å². The highest BCUT2D eigenvalue weighted by Crippen LogP contribution is 2.36. The fourth-order valence-electron chi connectivity index (χ4n) is 3.24. The standard InChI is InChI=1S/C18H38N2O/c1-16(2)21-13-12-20(6)15-18(10-8-7-9-11-18)14-19-17(3,4)5/h16,19H,7-15H2,1-6H3. The van der Waals surface area contributed by atoms with E-state index in [1.165, 1.54) is 38.6 Å². The second-order valence-corrected chi connectivity index (χ2v) is 8.32. The number of nitrogens with zero attached hydrogens (tertiary/aromatic N) is 1. The summed E-state index contributed by atoms with van der Waals surface area (Å²) < 4.78 is 5.69. The summed E-state index contributed by atoms with van der Waals surface area (Å²) in [6, 6.07) is 0. The van der Waals surface area contributed by atoms with Crippen LogP contribution in [0.1, 0.15) is 66.7 Å². The predicted molar refractivity (Wildman–Crippen MR) is 91.9 cm³/mol. The van der Waals surface area contributed by atoms with Crippen molar-refractivity contribution in [3.05, 3.63) is 0 Å². The zero-order valence-corrected chi connectivity index (χ0v) is 15.3. The Morgan fingerprint density at radius 1 is 1.14 bits per heavy atom. The molecular formula is C18H38N2O. The van der Waals surface area contributed by atoms with Crippen molar-refractivity contribution < 1.29 is 4.74 Å². The van der Waals surface area contributed by atoms with Gasteiger partial charge in [-0.2, -0.15) is 0 Å². The summed E-state index contributed by atoms with van der Waals surface area (Å²) in [5.74, 6) is 0. The lowest BCUT2D eigenvalue weighted by Gasteiger charge is -2.42. The first-order valence-electron chi connectivity index (χ1n) is 8.78. The molecule has 0 unspecified atom stereocenters. The summed E-state index contributed by atoms with van der Waals surface area (Å²) >= 11 is 0. The molecule has 21 heavy (non-hydrogen) atoms. The van der Waals surface area contributed by atoms with Crippen molar-refractivity contribution in [2.24, 2.45) is 5.41 Å². The lowest BCUT2D eigenvalue weighted by atomic mass is 9.73. The van der Waals surface area contributed by atoms with Crippen LogP contribution in [0.25, 0.3) is 0 Å². The van der Waals surface area contributed by atoms with Gasteiger partial charge in [-0.25, -0.2) is 0 Å². The minimum atomic E-state index is 0.212. The second-order valence-electron chi connectivity index (χ2n) is 8.32. The van der Waals surface area contributed by atoms with E-state index >= 15 is 0 Å². The van der Waals surface area contributed by atoms with Crippen LogP contribution in [0.3, 0.4) is 0 Å². The van der Waals surface area contributed by atoms with Crippen LogP contribution in [0.2, 0.25) is 0 Å². The number of hydrogen-bond donors (Lipinski definition) is 1. The molecular weight excluding hydrogens is 260 g/mol. The Morgan fingerprint density at radius 2 is 1.76 bits per heavy atom. The molecule has 0 spiro atoms. The largest absolute Gasteiger partial charge is 0.377 e. The van der Waals surface area contributed by atoms with Crippen molar-refractivity contribution in [1.82, 2.24) is 10.2 Å². The summed E-state index contributed by atoms with van der Waals surface area (Å²) in [6.07, 6.45) is 7.27. The van der Waals surface area contributed by atoms with Crippen LogP contribution >= 0.6 is 0 Å². The van der Waals surface area contributed by atoms with Gasteiger partial charge in [-0.3, -0.25) is 0 Å². The number of rotatable bonds is 8. The van der Waals surface area contributed by atoms with Crippen LogP contribution in [0.4, 0.5) is 0 Å². The molecule has 0 aliphatic heterocycles. The normalized spacial score (nSPS) is 19.4. The maximum Gasteiger partial charge on any atom is 0.0596 e. The summed E-state index contributed by atoms with van der Waals surface area (Å²) in [6.45, 7) is 15.2. The lowest BCUT2D eigenvalue weighted by molar-refractivity contribution is 0.0462. The van der Waals surface area contributed by atoms with Crippen molar-refractivity contribution in [1.29, 1.82) is 0 Å². The topological polar surface area (TPSA) is 24.5 Å². The maximum absolute atomic E-state index is 5.69. The van der Waals surface area contributed by atoms with Gasteiger partial charge in [0.05, 0.1) is 12.7 Å². The molecule has 3 nitrogen and oxygen atoms in total. The summed E-state index contributed by atoms with van der Waals surface area (Å²) in [7, 11) is 2.25. The molecule has 0 bridgehead atoms. The van der Waals surface area contributed by atoms with Gasteiger partial charge in [-0.05, 0) is 59.9 Å². The van der Waals surface area contributed by atoms with Crippen LogP contribution in [-0.4, -0.2) is 49.8 Å². The quantitative estimate of drug-likeness (QED) is 0.740. The Morgan fingerprint density at radius 3 is 2.29 bits per heavy atom. The van der Waals surface area contributed by atoms with Crippen molar-refractivity contribution in [2.75, 3.05) is 33.3 Å². The van der Waals surface area contributed by atoms with Crippen molar-refractivity contribution in [2.45, 2.75) is 78.4 Å². The van der Waals surface area contributed by atoms with Crippen molar-refractivity contribution in [3.63, 3.8) is 0 Å². The molecule has 1 fully saturated rings. The Hall–Kier alpha value is -0.120. The van der Waals surface area contributed by atoms with E-state index in [-0.39, 0.29) is 5.54 Å². The molecule has 0 aromatic rings. The molecule has 0 heterocycles. The number of nitrogens with one attached hydrogen (secondary N) is 1. The second kappa shape index (κ2) is 8.50. The molecule has 1 aliphatic carbocycles. The molecule has 0 aromatic carbocycles. The van der Waals surface area contributed by atoms with Crippen LogP contribution in [0.15, 0.2) is 0 Å². The fraction of sp³-hybridized carbons (Fsp3) is 1.00. The molecule has 1 N–H and O–H groups in total. The molecule has 0 radical (unpaired) electrons. The molecule has 0 aromatic heterocycles. The summed E-state index contributed by atoms with van der Waals surface area (Å²) in [5.41, 5.74) is 0.669. The monoisotopic (exact) mass is 298 g/mol. The fourth-order valence-corrected chi connectivity index (χ4v) is 3.24. The van der Waals surface area contributed by atoms with Crippen LogP contribution in [-0.2, 0) is 4.74 Å². The third-order valence-corrected chi connectivity index (χ3v) is 4.44. The Labute approximate surface area is 132 Å².